The molecule has 3 aliphatic rings. The number of hydrogen-bond donors (Lipinski definition) is 2. The summed E-state index contributed by atoms with van der Waals surface area (Å²) in [4.78, 5) is 51.9. The van der Waals surface area contributed by atoms with Crippen molar-refractivity contribution in [2.45, 2.75) is 33.4 Å². The zero-order valence-electron chi connectivity index (χ0n) is 17.2. The summed E-state index contributed by atoms with van der Waals surface area (Å²) in [6.07, 6.45) is 0. The van der Waals surface area contributed by atoms with E-state index < -0.39 is 40.0 Å². The second-order valence-electron chi connectivity index (χ2n) is 7.62. The molecular formula is C18H19Cl2N5O5S3. The Morgan fingerprint density at radius 3 is 2.55 bits per heavy atom. The third kappa shape index (κ3) is 5.17. The predicted octanol–water partition coefficient (Wildman–Crippen LogP) is 0.777. The number of β-lactam (4-membered cyclic amide) rings is 1. The van der Waals surface area contributed by atoms with Crippen molar-refractivity contribution in [1.82, 2.24) is 25.3 Å². The van der Waals surface area contributed by atoms with Gasteiger partial charge in [0.2, 0.25) is 5.91 Å². The van der Waals surface area contributed by atoms with Gasteiger partial charge in [-0.25, -0.2) is 4.79 Å². The summed E-state index contributed by atoms with van der Waals surface area (Å²) in [7, 11) is 0. The standard InChI is InChI=1S/C18H19Cl2N5O5S3/c1-7-22-23-18(33-7)32-6-8-5-31-16-12(15(28)25(16)13(8)17(29)30)21-11(26)4-24-2-9(19)14(27)10(20)3-24/h9-10,12,16H,2-6H2,1H3,(H,21,26)(H,29,30)/t9-,10+,12-,16-/m0/s1. The molecule has 1 aromatic heterocycles. The molecule has 0 radical (unpaired) electrons. The van der Waals surface area contributed by atoms with Gasteiger partial charge in [0, 0.05) is 24.6 Å². The number of hydrogen-bond acceptors (Lipinski definition) is 10. The number of carbonyl (C=O) groups is 4. The number of carboxylic acids is 1. The molecule has 0 spiro atoms. The van der Waals surface area contributed by atoms with Gasteiger partial charge in [-0.2, -0.15) is 0 Å². The third-order valence-electron chi connectivity index (χ3n) is 5.27. The zero-order valence-corrected chi connectivity index (χ0v) is 21.2. The van der Waals surface area contributed by atoms with Gasteiger partial charge in [-0.1, -0.05) is 23.1 Å². The molecule has 4 rings (SSSR count). The summed E-state index contributed by atoms with van der Waals surface area (Å²) in [6.45, 7) is 2.17. The number of carbonyl (C=O) groups excluding carboxylic acids is 3. The molecule has 2 N–H and O–H groups in total. The average molecular weight is 552 g/mol. The van der Waals surface area contributed by atoms with E-state index in [9.17, 15) is 24.3 Å². The first-order valence-corrected chi connectivity index (χ1v) is 13.5. The van der Waals surface area contributed by atoms with Gasteiger partial charge in [-0.05, 0) is 12.5 Å². The normalized spacial score (nSPS) is 27.9. The van der Waals surface area contributed by atoms with Crippen molar-refractivity contribution in [2.24, 2.45) is 0 Å². The number of rotatable bonds is 7. The summed E-state index contributed by atoms with van der Waals surface area (Å²) in [6, 6.07) is -0.818. The van der Waals surface area contributed by atoms with Crippen LogP contribution in [-0.2, 0) is 19.2 Å². The van der Waals surface area contributed by atoms with Crippen molar-refractivity contribution in [2.75, 3.05) is 31.1 Å². The van der Waals surface area contributed by atoms with Crippen LogP contribution >= 0.6 is 58.1 Å². The van der Waals surface area contributed by atoms with Gasteiger partial charge in [-0.3, -0.25) is 24.2 Å². The smallest absolute Gasteiger partial charge is 0.352 e. The molecule has 10 nitrogen and oxygen atoms in total. The Labute approximate surface area is 211 Å². The summed E-state index contributed by atoms with van der Waals surface area (Å²) in [5.41, 5.74) is 0.589. The third-order valence-corrected chi connectivity index (χ3v) is 9.37. The SMILES string of the molecule is Cc1nnc(SCC2=C(C(=O)O)N3C(=O)[C@H](NC(=O)CN4C[C@@H](Cl)C(=O)[C@@H](Cl)C4)[C@@H]3SC2)s1. The Morgan fingerprint density at radius 1 is 1.24 bits per heavy atom. The van der Waals surface area contributed by atoms with Crippen LogP contribution in [-0.4, -0.2) is 102 Å². The molecule has 4 atom stereocenters. The van der Waals surface area contributed by atoms with Crippen LogP contribution in [0.4, 0.5) is 0 Å². The first kappa shape index (κ1) is 24.7. The van der Waals surface area contributed by atoms with Crippen LogP contribution in [0.15, 0.2) is 15.6 Å². The van der Waals surface area contributed by atoms with Crippen molar-refractivity contribution in [3.63, 3.8) is 0 Å². The number of likely N-dealkylation sites (tertiary alicyclic amines) is 1. The highest BCUT2D eigenvalue weighted by Crippen LogP contribution is 2.41. The van der Waals surface area contributed by atoms with Gasteiger partial charge in [-0.15, -0.1) is 45.2 Å². The lowest BCUT2D eigenvalue weighted by atomic mass is 10.0. The van der Waals surface area contributed by atoms with Crippen LogP contribution in [0.3, 0.4) is 0 Å². The van der Waals surface area contributed by atoms with Crippen LogP contribution in [0.25, 0.3) is 0 Å². The monoisotopic (exact) mass is 551 g/mol. The molecule has 0 unspecified atom stereocenters. The quantitative estimate of drug-likeness (QED) is 0.284. The van der Waals surface area contributed by atoms with E-state index in [-0.39, 0.29) is 31.1 Å². The van der Waals surface area contributed by atoms with Crippen molar-refractivity contribution in [3.05, 3.63) is 16.3 Å². The molecule has 178 valence electrons. The fraction of sp³-hybridized carbons (Fsp3) is 0.556. The molecule has 0 aliphatic carbocycles. The lowest BCUT2D eigenvalue weighted by Crippen LogP contribution is -2.71. The fourth-order valence-corrected chi connectivity index (χ4v) is 7.79. The molecule has 3 aliphatic heterocycles. The number of carboxylic acid groups (broad SMARTS) is 1. The van der Waals surface area contributed by atoms with Crippen LogP contribution < -0.4 is 5.32 Å². The molecule has 1 aromatic rings. The number of alkyl halides is 2. The maximum Gasteiger partial charge on any atom is 0.352 e. The van der Waals surface area contributed by atoms with Gasteiger partial charge in [0.1, 0.15) is 32.9 Å². The van der Waals surface area contributed by atoms with Crippen LogP contribution in [0.2, 0.25) is 0 Å². The summed E-state index contributed by atoms with van der Waals surface area (Å²) in [5.74, 6) is -1.52. The van der Waals surface area contributed by atoms with E-state index in [1.165, 1.54) is 39.8 Å². The number of thioether (sulfide) groups is 2. The Balaban J connectivity index is 1.38. The fourth-order valence-electron chi connectivity index (χ4n) is 3.74. The van der Waals surface area contributed by atoms with E-state index in [1.54, 1.807) is 4.90 Å². The van der Waals surface area contributed by atoms with E-state index >= 15 is 0 Å². The minimum atomic E-state index is -1.18. The second-order valence-corrected chi connectivity index (χ2v) is 12.2. The summed E-state index contributed by atoms with van der Waals surface area (Å²) in [5, 5.41) is 19.2. The van der Waals surface area contributed by atoms with Gasteiger partial charge in [0.25, 0.3) is 5.91 Å². The number of piperidine rings is 1. The van der Waals surface area contributed by atoms with E-state index in [1.807, 2.05) is 6.92 Å². The maximum atomic E-state index is 12.8. The van der Waals surface area contributed by atoms with Crippen LogP contribution in [0.5, 0.6) is 0 Å². The Kier molecular flexibility index (Phi) is 7.56. The number of Topliss-reactive ketones (excluding diaryl/α,β-unsaturated/α-hetero) is 1. The molecular weight excluding hydrogens is 533 g/mol. The number of aromatic nitrogens is 2. The molecule has 15 heteroatoms. The van der Waals surface area contributed by atoms with Crippen molar-refractivity contribution in [3.8, 4) is 0 Å². The Morgan fingerprint density at radius 2 is 1.94 bits per heavy atom. The molecule has 0 saturated carbocycles. The minimum Gasteiger partial charge on any atom is -0.477 e. The first-order valence-electron chi connectivity index (χ1n) is 9.82. The number of nitrogens with zero attached hydrogens (tertiary/aromatic N) is 4. The number of fused-ring (bicyclic) bond motifs is 1. The Hall–Kier alpha value is -1.38. The number of nitrogens with one attached hydrogen (secondary N) is 1. The maximum absolute atomic E-state index is 12.8. The minimum absolute atomic E-state index is 0.0347. The predicted molar refractivity (Wildman–Crippen MR) is 126 cm³/mol. The highest BCUT2D eigenvalue weighted by molar-refractivity contribution is 8.01. The number of ketones is 1. The highest BCUT2D eigenvalue weighted by Gasteiger charge is 2.54. The van der Waals surface area contributed by atoms with Gasteiger partial charge in [0.15, 0.2) is 10.1 Å². The van der Waals surface area contributed by atoms with Crippen molar-refractivity contribution in [1.29, 1.82) is 0 Å². The largest absolute Gasteiger partial charge is 0.477 e. The lowest BCUT2D eigenvalue weighted by molar-refractivity contribution is -0.150. The first-order chi connectivity index (χ1) is 15.7. The van der Waals surface area contributed by atoms with Gasteiger partial charge in [0.05, 0.1) is 6.54 Å². The van der Waals surface area contributed by atoms with Gasteiger partial charge >= 0.3 is 5.97 Å². The average Bonchev–Trinajstić information content (AvgIpc) is 3.18. The number of amides is 2. The summed E-state index contributed by atoms with van der Waals surface area (Å²) < 4.78 is 0.731. The Bertz CT molecular complexity index is 1020. The molecule has 4 heterocycles. The lowest BCUT2D eigenvalue weighted by Gasteiger charge is -2.49. The van der Waals surface area contributed by atoms with Crippen LogP contribution in [0, 0.1) is 6.92 Å². The van der Waals surface area contributed by atoms with E-state index in [0.29, 0.717) is 17.1 Å². The second kappa shape index (κ2) is 10.1. The molecule has 33 heavy (non-hydrogen) atoms. The highest BCUT2D eigenvalue weighted by atomic mass is 35.5. The van der Waals surface area contributed by atoms with Crippen molar-refractivity contribution >= 4 is 81.6 Å². The number of aliphatic carboxylic acids is 1. The topological polar surface area (TPSA) is 133 Å². The van der Waals surface area contributed by atoms with E-state index in [0.717, 1.165) is 9.35 Å². The molecule has 0 bridgehead atoms. The zero-order chi connectivity index (χ0) is 23.9. The molecule has 2 fully saturated rings. The molecule has 0 aromatic carbocycles. The van der Waals surface area contributed by atoms with E-state index in [2.05, 4.69) is 15.5 Å². The van der Waals surface area contributed by atoms with E-state index in [4.69, 9.17) is 23.2 Å². The molecule has 2 amide bonds. The number of aryl methyl sites for hydroxylation is 1. The van der Waals surface area contributed by atoms with Crippen LogP contribution in [0.1, 0.15) is 5.01 Å². The molecule has 2 saturated heterocycles. The van der Waals surface area contributed by atoms with Crippen molar-refractivity contribution < 1.29 is 24.3 Å². The van der Waals surface area contributed by atoms with Gasteiger partial charge < -0.3 is 10.4 Å². The summed E-state index contributed by atoms with van der Waals surface area (Å²) >= 11 is 16.2. The number of halogens is 2.